The molecule has 1 rings (SSSR count). The van der Waals surface area contributed by atoms with Crippen molar-refractivity contribution >= 4 is 12.1 Å². The lowest BCUT2D eigenvalue weighted by molar-refractivity contribution is 0.752. The summed E-state index contributed by atoms with van der Waals surface area (Å²) in [7, 11) is 0. The van der Waals surface area contributed by atoms with Gasteiger partial charge in [0.2, 0.25) is 0 Å². The second-order valence-electron chi connectivity index (χ2n) is 1.89. The summed E-state index contributed by atoms with van der Waals surface area (Å²) in [6.45, 7) is 2.74. The molecule has 3 nitrogen and oxygen atoms in total. The van der Waals surface area contributed by atoms with Gasteiger partial charge in [-0.05, 0) is 6.92 Å². The molecule has 0 aromatic rings. The molecule has 0 fully saturated rings. The maximum Gasteiger partial charge on any atom is 0.136 e. The van der Waals surface area contributed by atoms with Crippen LogP contribution in [0.3, 0.4) is 0 Å². The Morgan fingerprint density at radius 3 is 3.00 bits per heavy atom. The van der Waals surface area contributed by atoms with Gasteiger partial charge in [0.05, 0.1) is 18.8 Å². The number of rotatable bonds is 0. The summed E-state index contributed by atoms with van der Waals surface area (Å²) in [5.74, 6) is 0.545. The van der Waals surface area contributed by atoms with Crippen molar-refractivity contribution in [2.24, 2.45) is 15.7 Å². The molecule has 1 unspecified atom stereocenters. The van der Waals surface area contributed by atoms with Gasteiger partial charge in [0.1, 0.15) is 5.84 Å². The normalized spacial score (nSPS) is 27.6. The minimum Gasteiger partial charge on any atom is -0.383 e. The minimum absolute atomic E-state index is 0.322. The monoisotopic (exact) mass is 111 g/mol. The average Bonchev–Trinajstić information content (AvgIpc) is 1.77. The molecule has 1 aliphatic heterocycles. The Morgan fingerprint density at radius 1 is 1.88 bits per heavy atom. The fourth-order valence-corrected chi connectivity index (χ4v) is 0.529. The molecule has 0 aliphatic carbocycles. The summed E-state index contributed by atoms with van der Waals surface area (Å²) in [6, 6.07) is 0.322. The molecule has 0 aromatic heterocycles. The van der Waals surface area contributed by atoms with E-state index in [1.807, 2.05) is 6.92 Å². The Kier molecular flexibility index (Phi) is 1.28. The van der Waals surface area contributed by atoms with Crippen LogP contribution in [0.2, 0.25) is 0 Å². The first kappa shape index (κ1) is 5.28. The van der Waals surface area contributed by atoms with E-state index in [4.69, 9.17) is 5.73 Å². The highest BCUT2D eigenvalue weighted by atomic mass is 15.0. The first-order chi connectivity index (χ1) is 3.79. The van der Waals surface area contributed by atoms with Gasteiger partial charge in [0.25, 0.3) is 0 Å². The molecule has 0 aromatic carbocycles. The van der Waals surface area contributed by atoms with Gasteiger partial charge in [-0.15, -0.1) is 0 Å². The minimum atomic E-state index is 0.322. The zero-order chi connectivity index (χ0) is 5.98. The van der Waals surface area contributed by atoms with Crippen molar-refractivity contribution in [3.05, 3.63) is 0 Å². The molecule has 0 spiro atoms. The van der Waals surface area contributed by atoms with E-state index < -0.39 is 0 Å². The summed E-state index contributed by atoms with van der Waals surface area (Å²) in [5.41, 5.74) is 5.30. The lowest BCUT2D eigenvalue weighted by atomic mass is 10.3. The van der Waals surface area contributed by atoms with Crippen LogP contribution in [0, 0.1) is 0 Å². The summed E-state index contributed by atoms with van der Waals surface area (Å²) < 4.78 is 0. The predicted molar refractivity (Wildman–Crippen MR) is 34.4 cm³/mol. The Balaban J connectivity index is 2.58. The largest absolute Gasteiger partial charge is 0.383 e. The first-order valence-electron chi connectivity index (χ1n) is 2.62. The third kappa shape index (κ3) is 1.05. The van der Waals surface area contributed by atoms with Crippen molar-refractivity contribution in [2.45, 2.75) is 13.0 Å². The SMILES string of the molecule is CC1CN=C(N)C=N1. The zero-order valence-corrected chi connectivity index (χ0v) is 4.83. The van der Waals surface area contributed by atoms with E-state index in [0.29, 0.717) is 11.9 Å². The molecule has 44 valence electrons. The summed E-state index contributed by atoms with van der Waals surface area (Å²) >= 11 is 0. The zero-order valence-electron chi connectivity index (χ0n) is 4.83. The lowest BCUT2D eigenvalue weighted by Crippen LogP contribution is -2.21. The molecule has 1 heterocycles. The Labute approximate surface area is 48.3 Å². The maximum atomic E-state index is 5.30. The molecule has 1 atom stereocenters. The second kappa shape index (κ2) is 1.94. The molecular formula is C5H9N3. The van der Waals surface area contributed by atoms with Crippen LogP contribution < -0.4 is 5.73 Å². The van der Waals surface area contributed by atoms with Crippen molar-refractivity contribution in [3.8, 4) is 0 Å². The van der Waals surface area contributed by atoms with Gasteiger partial charge in [0, 0.05) is 0 Å². The van der Waals surface area contributed by atoms with Crippen molar-refractivity contribution in [1.29, 1.82) is 0 Å². The van der Waals surface area contributed by atoms with Crippen LogP contribution in [0.15, 0.2) is 9.98 Å². The highest BCUT2D eigenvalue weighted by molar-refractivity contribution is 6.29. The molecule has 0 bridgehead atoms. The van der Waals surface area contributed by atoms with Crippen molar-refractivity contribution in [3.63, 3.8) is 0 Å². The van der Waals surface area contributed by atoms with E-state index in [9.17, 15) is 0 Å². The topological polar surface area (TPSA) is 50.7 Å². The highest BCUT2D eigenvalue weighted by Crippen LogP contribution is 1.92. The summed E-state index contributed by atoms with van der Waals surface area (Å²) in [5, 5.41) is 0. The van der Waals surface area contributed by atoms with Gasteiger partial charge in [0.15, 0.2) is 0 Å². The van der Waals surface area contributed by atoms with E-state index in [1.54, 1.807) is 6.21 Å². The van der Waals surface area contributed by atoms with Gasteiger partial charge in [-0.25, -0.2) is 0 Å². The number of amidine groups is 1. The van der Waals surface area contributed by atoms with Gasteiger partial charge < -0.3 is 5.73 Å². The first-order valence-corrected chi connectivity index (χ1v) is 2.62. The van der Waals surface area contributed by atoms with E-state index >= 15 is 0 Å². The molecule has 0 amide bonds. The standard InChI is InChI=1S/C5H9N3/c1-4-2-8-5(6)3-7-4/h3-4H,2H2,1H3,(H2,6,8). The van der Waals surface area contributed by atoms with Crippen LogP contribution in [0.1, 0.15) is 6.92 Å². The van der Waals surface area contributed by atoms with Gasteiger partial charge in [-0.1, -0.05) is 0 Å². The van der Waals surface area contributed by atoms with Crippen molar-refractivity contribution in [2.75, 3.05) is 6.54 Å². The Bertz CT molecular complexity index is 137. The van der Waals surface area contributed by atoms with Crippen LogP contribution in [0.5, 0.6) is 0 Å². The molecule has 8 heavy (non-hydrogen) atoms. The maximum absolute atomic E-state index is 5.30. The number of nitrogens with two attached hydrogens (primary N) is 1. The van der Waals surface area contributed by atoms with Crippen molar-refractivity contribution in [1.82, 2.24) is 0 Å². The van der Waals surface area contributed by atoms with Gasteiger partial charge >= 0.3 is 0 Å². The highest BCUT2D eigenvalue weighted by Gasteiger charge is 2.00. The molecular weight excluding hydrogens is 102 g/mol. The fourth-order valence-electron chi connectivity index (χ4n) is 0.529. The number of hydrogen-bond donors (Lipinski definition) is 1. The number of nitrogens with zero attached hydrogens (tertiary/aromatic N) is 2. The van der Waals surface area contributed by atoms with E-state index in [0.717, 1.165) is 6.54 Å². The summed E-state index contributed by atoms with van der Waals surface area (Å²) in [4.78, 5) is 7.99. The predicted octanol–water partition coefficient (Wildman–Crippen LogP) is -0.183. The van der Waals surface area contributed by atoms with Gasteiger partial charge in [-0.3, -0.25) is 9.98 Å². The molecule has 1 aliphatic rings. The Morgan fingerprint density at radius 2 is 2.62 bits per heavy atom. The van der Waals surface area contributed by atoms with E-state index in [2.05, 4.69) is 9.98 Å². The van der Waals surface area contributed by atoms with Crippen LogP contribution in [0.25, 0.3) is 0 Å². The van der Waals surface area contributed by atoms with Crippen molar-refractivity contribution < 1.29 is 0 Å². The van der Waals surface area contributed by atoms with Crippen LogP contribution in [-0.2, 0) is 0 Å². The quantitative estimate of drug-likeness (QED) is 0.463. The molecule has 2 N–H and O–H groups in total. The smallest absolute Gasteiger partial charge is 0.136 e. The number of aliphatic imine (C=N–C) groups is 2. The van der Waals surface area contributed by atoms with Crippen LogP contribution >= 0.6 is 0 Å². The fraction of sp³-hybridized carbons (Fsp3) is 0.600. The average molecular weight is 111 g/mol. The Hall–Kier alpha value is -0.860. The van der Waals surface area contributed by atoms with Gasteiger partial charge in [-0.2, -0.15) is 0 Å². The lowest BCUT2D eigenvalue weighted by Gasteiger charge is -2.05. The molecule has 0 saturated heterocycles. The third-order valence-electron chi connectivity index (χ3n) is 0.999. The molecule has 0 saturated carbocycles. The summed E-state index contributed by atoms with van der Waals surface area (Å²) in [6.07, 6.45) is 1.61. The van der Waals surface area contributed by atoms with Crippen LogP contribution in [0.4, 0.5) is 0 Å². The second-order valence-corrected chi connectivity index (χ2v) is 1.89. The van der Waals surface area contributed by atoms with Crippen LogP contribution in [-0.4, -0.2) is 24.6 Å². The third-order valence-corrected chi connectivity index (χ3v) is 0.999. The van der Waals surface area contributed by atoms with E-state index in [1.165, 1.54) is 0 Å². The molecule has 3 heteroatoms. The molecule has 0 radical (unpaired) electrons. The number of hydrogen-bond acceptors (Lipinski definition) is 3. The van der Waals surface area contributed by atoms with E-state index in [-0.39, 0.29) is 0 Å².